The lowest BCUT2D eigenvalue weighted by Gasteiger charge is -2.18. The van der Waals surface area contributed by atoms with E-state index in [1.807, 2.05) is 6.92 Å². The van der Waals surface area contributed by atoms with Crippen LogP contribution in [0.3, 0.4) is 0 Å². The first-order chi connectivity index (χ1) is 6.63. The first-order valence-electron chi connectivity index (χ1n) is 4.93. The molecule has 1 aliphatic heterocycles. The number of hydrogen-bond acceptors (Lipinski definition) is 3. The zero-order chi connectivity index (χ0) is 10.6. The van der Waals surface area contributed by atoms with Crippen LogP contribution >= 0.6 is 0 Å². The maximum atomic E-state index is 11.3. The Morgan fingerprint density at radius 2 is 2.43 bits per heavy atom. The molecule has 1 aliphatic rings. The summed E-state index contributed by atoms with van der Waals surface area (Å²) in [6.45, 7) is 4.33. The number of ether oxygens (including phenoxy) is 1. The molecule has 0 aromatic heterocycles. The highest BCUT2D eigenvalue weighted by Gasteiger charge is 2.25. The van der Waals surface area contributed by atoms with Gasteiger partial charge in [0.2, 0.25) is 0 Å². The van der Waals surface area contributed by atoms with Crippen LogP contribution in [0.2, 0.25) is 0 Å². The van der Waals surface area contributed by atoms with E-state index in [1.54, 1.807) is 6.92 Å². The van der Waals surface area contributed by atoms with Crippen LogP contribution in [-0.2, 0) is 4.74 Å². The summed E-state index contributed by atoms with van der Waals surface area (Å²) in [6, 6.07) is -0.373. The highest BCUT2D eigenvalue weighted by atomic mass is 16.5. The van der Waals surface area contributed by atoms with Crippen molar-refractivity contribution in [2.45, 2.75) is 38.5 Å². The molecule has 1 saturated heterocycles. The Bertz CT molecular complexity index is 198. The molecule has 2 unspecified atom stereocenters. The Kier molecular flexibility index (Phi) is 4.16. The van der Waals surface area contributed by atoms with Crippen LogP contribution < -0.4 is 10.6 Å². The Labute approximate surface area is 83.8 Å². The number of carbonyl (C=O) groups is 1. The Morgan fingerprint density at radius 3 is 2.93 bits per heavy atom. The third kappa shape index (κ3) is 3.16. The number of aliphatic hydroxyl groups excluding tert-OH is 1. The molecular formula is C9H18N2O3. The number of carbonyl (C=O) groups excluding carboxylic acids is 1. The zero-order valence-electron chi connectivity index (χ0n) is 8.62. The van der Waals surface area contributed by atoms with Gasteiger partial charge in [0.25, 0.3) is 0 Å². The van der Waals surface area contributed by atoms with E-state index in [0.717, 1.165) is 6.42 Å². The molecule has 1 fully saturated rings. The number of amides is 2. The van der Waals surface area contributed by atoms with E-state index in [9.17, 15) is 4.79 Å². The Hall–Kier alpha value is -0.810. The lowest BCUT2D eigenvalue weighted by Crippen LogP contribution is -2.48. The number of nitrogens with one attached hydrogen (secondary N) is 2. The van der Waals surface area contributed by atoms with Gasteiger partial charge in [-0.15, -0.1) is 0 Å². The molecule has 2 amide bonds. The molecule has 0 aromatic carbocycles. The van der Waals surface area contributed by atoms with Gasteiger partial charge in [-0.3, -0.25) is 0 Å². The molecule has 0 saturated carbocycles. The molecule has 0 aromatic rings. The molecule has 0 aliphatic carbocycles. The van der Waals surface area contributed by atoms with Crippen LogP contribution in [0, 0.1) is 0 Å². The van der Waals surface area contributed by atoms with Gasteiger partial charge in [-0.05, 0) is 20.3 Å². The predicted octanol–water partition coefficient (Wildman–Crippen LogP) is -0.156. The summed E-state index contributed by atoms with van der Waals surface area (Å²) in [4.78, 5) is 11.3. The summed E-state index contributed by atoms with van der Waals surface area (Å²) in [5, 5.41) is 14.2. The van der Waals surface area contributed by atoms with E-state index in [1.165, 1.54) is 0 Å². The smallest absolute Gasteiger partial charge is 0.315 e. The second-order valence-corrected chi connectivity index (χ2v) is 3.67. The highest BCUT2D eigenvalue weighted by Crippen LogP contribution is 2.11. The van der Waals surface area contributed by atoms with E-state index >= 15 is 0 Å². The van der Waals surface area contributed by atoms with Crippen molar-refractivity contribution in [1.29, 1.82) is 0 Å². The number of hydrogen-bond donors (Lipinski definition) is 3. The zero-order valence-corrected chi connectivity index (χ0v) is 8.62. The second-order valence-electron chi connectivity index (χ2n) is 3.67. The number of aliphatic hydroxyl groups is 1. The van der Waals surface area contributed by atoms with Crippen LogP contribution in [0.1, 0.15) is 20.3 Å². The average molecular weight is 202 g/mol. The first-order valence-corrected chi connectivity index (χ1v) is 4.93. The van der Waals surface area contributed by atoms with Crippen LogP contribution in [0.5, 0.6) is 0 Å². The SMILES string of the molecule is CC1OCCC1NC(=O)N[C@@H](C)CO. The molecule has 0 radical (unpaired) electrons. The topological polar surface area (TPSA) is 70.6 Å². The fourth-order valence-corrected chi connectivity index (χ4v) is 1.40. The molecule has 0 spiro atoms. The molecular weight excluding hydrogens is 184 g/mol. The summed E-state index contributed by atoms with van der Waals surface area (Å²) in [5.74, 6) is 0. The van der Waals surface area contributed by atoms with Crippen molar-refractivity contribution in [2.75, 3.05) is 13.2 Å². The molecule has 1 rings (SSSR count). The van der Waals surface area contributed by atoms with Gasteiger partial charge in [0, 0.05) is 6.61 Å². The lowest BCUT2D eigenvalue weighted by atomic mass is 10.2. The number of urea groups is 1. The van der Waals surface area contributed by atoms with Crippen molar-refractivity contribution < 1.29 is 14.6 Å². The van der Waals surface area contributed by atoms with Crippen molar-refractivity contribution >= 4 is 6.03 Å². The standard InChI is InChI=1S/C9H18N2O3/c1-6(5-12)10-9(13)11-8-3-4-14-7(8)2/h6-8,12H,3-5H2,1-2H3,(H2,10,11,13)/t6-,7?,8?/m0/s1. The summed E-state index contributed by atoms with van der Waals surface area (Å²) in [7, 11) is 0. The molecule has 5 nitrogen and oxygen atoms in total. The van der Waals surface area contributed by atoms with Gasteiger partial charge in [0.05, 0.1) is 24.8 Å². The van der Waals surface area contributed by atoms with E-state index in [0.29, 0.717) is 6.61 Å². The van der Waals surface area contributed by atoms with Gasteiger partial charge in [-0.2, -0.15) is 0 Å². The van der Waals surface area contributed by atoms with E-state index in [-0.39, 0.29) is 30.8 Å². The van der Waals surface area contributed by atoms with Crippen molar-refractivity contribution in [3.8, 4) is 0 Å². The minimum absolute atomic E-state index is 0.0514. The quantitative estimate of drug-likeness (QED) is 0.595. The third-order valence-electron chi connectivity index (χ3n) is 2.34. The van der Waals surface area contributed by atoms with Gasteiger partial charge >= 0.3 is 6.03 Å². The van der Waals surface area contributed by atoms with Gasteiger partial charge < -0.3 is 20.5 Å². The maximum Gasteiger partial charge on any atom is 0.315 e. The first kappa shape index (κ1) is 11.3. The van der Waals surface area contributed by atoms with Crippen LogP contribution in [0.15, 0.2) is 0 Å². The van der Waals surface area contributed by atoms with E-state index in [2.05, 4.69) is 10.6 Å². The van der Waals surface area contributed by atoms with Crippen molar-refractivity contribution in [3.63, 3.8) is 0 Å². The highest BCUT2D eigenvalue weighted by molar-refractivity contribution is 5.74. The summed E-state index contributed by atoms with van der Waals surface area (Å²) in [6.07, 6.45) is 0.924. The van der Waals surface area contributed by atoms with Crippen molar-refractivity contribution in [3.05, 3.63) is 0 Å². The van der Waals surface area contributed by atoms with E-state index < -0.39 is 0 Å². The minimum Gasteiger partial charge on any atom is -0.394 e. The molecule has 3 N–H and O–H groups in total. The molecule has 5 heteroatoms. The Balaban J connectivity index is 2.26. The maximum absolute atomic E-state index is 11.3. The number of rotatable bonds is 3. The summed E-state index contributed by atoms with van der Waals surface area (Å²) >= 11 is 0. The largest absolute Gasteiger partial charge is 0.394 e. The minimum atomic E-state index is -0.242. The summed E-state index contributed by atoms with van der Waals surface area (Å²) in [5.41, 5.74) is 0. The molecule has 3 atom stereocenters. The molecule has 14 heavy (non-hydrogen) atoms. The molecule has 0 bridgehead atoms. The average Bonchev–Trinajstić information content (AvgIpc) is 2.51. The van der Waals surface area contributed by atoms with Gasteiger partial charge in [0.1, 0.15) is 0 Å². The normalized spacial score (nSPS) is 28.5. The lowest BCUT2D eigenvalue weighted by molar-refractivity contribution is 0.114. The predicted molar refractivity (Wildman–Crippen MR) is 52.0 cm³/mol. The Morgan fingerprint density at radius 1 is 1.71 bits per heavy atom. The van der Waals surface area contributed by atoms with Crippen molar-refractivity contribution in [1.82, 2.24) is 10.6 Å². The second kappa shape index (κ2) is 5.17. The van der Waals surface area contributed by atoms with Gasteiger partial charge in [-0.1, -0.05) is 0 Å². The third-order valence-corrected chi connectivity index (χ3v) is 2.34. The van der Waals surface area contributed by atoms with Gasteiger partial charge in [0.15, 0.2) is 0 Å². The fraction of sp³-hybridized carbons (Fsp3) is 0.889. The van der Waals surface area contributed by atoms with Crippen LogP contribution in [0.25, 0.3) is 0 Å². The summed E-state index contributed by atoms with van der Waals surface area (Å²) < 4.78 is 5.31. The fourth-order valence-electron chi connectivity index (χ4n) is 1.40. The van der Waals surface area contributed by atoms with Gasteiger partial charge in [-0.25, -0.2) is 4.79 Å². The monoisotopic (exact) mass is 202 g/mol. The van der Waals surface area contributed by atoms with E-state index in [4.69, 9.17) is 9.84 Å². The molecule has 82 valence electrons. The van der Waals surface area contributed by atoms with Crippen LogP contribution in [0.4, 0.5) is 4.79 Å². The molecule has 1 heterocycles. The van der Waals surface area contributed by atoms with Crippen LogP contribution in [-0.4, -0.2) is 42.5 Å². The van der Waals surface area contributed by atoms with Crippen molar-refractivity contribution in [2.24, 2.45) is 0 Å².